The first kappa shape index (κ1) is 28.7. The molecule has 0 heterocycles. The Labute approximate surface area is 226 Å². The summed E-state index contributed by atoms with van der Waals surface area (Å²) in [7, 11) is -3.60. The zero-order valence-electron chi connectivity index (χ0n) is 25.5. The largest absolute Gasteiger partial charge is 0.414 e. The first-order valence-corrected chi connectivity index (χ1v) is 20.7. The van der Waals surface area contributed by atoms with Crippen molar-refractivity contribution in [3.8, 4) is 12.3 Å². The van der Waals surface area contributed by atoms with E-state index in [0.717, 1.165) is 31.1 Å². The average Bonchev–Trinajstić information content (AvgIpc) is 3.10. The van der Waals surface area contributed by atoms with Crippen molar-refractivity contribution >= 4 is 16.6 Å². The predicted molar refractivity (Wildman–Crippen MR) is 159 cm³/mol. The van der Waals surface area contributed by atoms with Gasteiger partial charge in [-0.1, -0.05) is 66.0 Å². The molecule has 4 aliphatic rings. The molecule has 0 bridgehead atoms. The van der Waals surface area contributed by atoms with Crippen molar-refractivity contribution in [3.63, 3.8) is 0 Å². The zero-order chi connectivity index (χ0) is 26.9. The summed E-state index contributed by atoms with van der Waals surface area (Å²) in [5, 5.41) is 0.492. The monoisotopic (exact) mass is 528 g/mol. The van der Waals surface area contributed by atoms with E-state index in [4.69, 9.17) is 15.3 Å². The molecule has 0 saturated heterocycles. The minimum Gasteiger partial charge on any atom is -0.414 e. The molecule has 7 atom stereocenters. The average molecular weight is 529 g/mol. The van der Waals surface area contributed by atoms with E-state index >= 15 is 0 Å². The van der Waals surface area contributed by atoms with Gasteiger partial charge in [-0.2, -0.15) is 0 Å². The van der Waals surface area contributed by atoms with Crippen molar-refractivity contribution in [2.24, 2.45) is 28.6 Å². The van der Waals surface area contributed by atoms with Crippen LogP contribution in [0.1, 0.15) is 99.8 Å². The lowest BCUT2D eigenvalue weighted by atomic mass is 9.48. The van der Waals surface area contributed by atoms with Crippen LogP contribution < -0.4 is 0 Å². The quantitative estimate of drug-likeness (QED) is 0.205. The van der Waals surface area contributed by atoms with E-state index in [1.54, 1.807) is 5.57 Å². The molecule has 0 N–H and O–H groups in total. The predicted octanol–water partition coefficient (Wildman–Crippen LogP) is 9.34. The minimum atomic E-state index is -1.86. The summed E-state index contributed by atoms with van der Waals surface area (Å²) in [5.41, 5.74) is 1.98. The SMILES string of the molecule is C#CC12CC[C@H]3[C@@H](CC=C4C[C@@H](O[Si](C)(C)C(C)(C)C)CCC43C)[C@@H]1CC[C@@H]2O[Si](C)(C)C(C)(C)C. The standard InChI is InChI=1S/C32H56O2Si2/c1-13-32-21-19-26-25(27(32)16-17-28(32)34-36(11,12)30(5,6)7)15-14-23-22-24(18-20-31(23,26)8)33-35(9,10)29(2,3)4/h1,14,24-28H,15-22H2,2-12H3/t24-,25+,26-,27-,28-,31?,32?/m0/s1. The highest BCUT2D eigenvalue weighted by Gasteiger charge is 2.61. The fraction of sp³-hybridized carbons (Fsp3) is 0.875. The van der Waals surface area contributed by atoms with E-state index in [2.05, 4.69) is 86.7 Å². The van der Waals surface area contributed by atoms with Crippen LogP contribution in [0.3, 0.4) is 0 Å². The number of hydrogen-bond donors (Lipinski definition) is 0. The highest BCUT2D eigenvalue weighted by Crippen LogP contribution is 2.66. The Morgan fingerprint density at radius 2 is 1.47 bits per heavy atom. The van der Waals surface area contributed by atoms with E-state index in [1.165, 1.54) is 32.1 Å². The molecule has 4 rings (SSSR count). The Morgan fingerprint density at radius 1 is 0.861 bits per heavy atom. The molecule has 3 saturated carbocycles. The van der Waals surface area contributed by atoms with E-state index in [-0.39, 0.29) is 21.6 Å². The van der Waals surface area contributed by atoms with Crippen molar-refractivity contribution in [1.82, 2.24) is 0 Å². The molecule has 4 aliphatic carbocycles. The Kier molecular flexibility index (Phi) is 7.25. The number of allylic oxidation sites excluding steroid dienone is 1. The molecule has 3 fully saturated rings. The van der Waals surface area contributed by atoms with Crippen LogP contribution in [0.5, 0.6) is 0 Å². The molecule has 0 aromatic carbocycles. The van der Waals surface area contributed by atoms with Gasteiger partial charge in [-0.15, -0.1) is 6.42 Å². The normalized spacial score (nSPS) is 39.5. The van der Waals surface area contributed by atoms with Gasteiger partial charge >= 0.3 is 0 Å². The van der Waals surface area contributed by atoms with Crippen LogP contribution in [0.2, 0.25) is 36.3 Å². The van der Waals surface area contributed by atoms with E-state index in [0.29, 0.717) is 17.4 Å². The third-order valence-corrected chi connectivity index (χ3v) is 21.3. The molecule has 0 amide bonds. The van der Waals surface area contributed by atoms with Crippen LogP contribution in [0.4, 0.5) is 0 Å². The van der Waals surface area contributed by atoms with Gasteiger partial charge < -0.3 is 8.85 Å². The van der Waals surface area contributed by atoms with E-state index < -0.39 is 16.6 Å². The second-order valence-corrected chi connectivity index (χ2v) is 25.7. The number of rotatable bonds is 4. The lowest BCUT2D eigenvalue weighted by Crippen LogP contribution is -2.54. The molecule has 204 valence electrons. The molecule has 2 unspecified atom stereocenters. The zero-order valence-corrected chi connectivity index (χ0v) is 27.5. The Bertz CT molecular complexity index is 914. The van der Waals surface area contributed by atoms with Crippen LogP contribution >= 0.6 is 0 Å². The molecule has 2 nitrogen and oxygen atoms in total. The summed E-state index contributed by atoms with van der Waals surface area (Å²) in [6, 6.07) is 0. The lowest BCUT2D eigenvalue weighted by molar-refractivity contribution is -0.0481. The number of terminal acetylenes is 1. The summed E-state index contributed by atoms with van der Waals surface area (Å²) in [4.78, 5) is 0. The van der Waals surface area contributed by atoms with Crippen LogP contribution in [-0.4, -0.2) is 28.8 Å². The second-order valence-electron chi connectivity index (χ2n) is 16.2. The third-order valence-electron chi connectivity index (χ3n) is 12.3. The van der Waals surface area contributed by atoms with Gasteiger partial charge in [-0.05, 0) is 111 Å². The van der Waals surface area contributed by atoms with Crippen LogP contribution in [0, 0.1) is 40.9 Å². The topological polar surface area (TPSA) is 18.5 Å². The Morgan fingerprint density at radius 3 is 2.06 bits per heavy atom. The van der Waals surface area contributed by atoms with Crippen LogP contribution in [0.15, 0.2) is 11.6 Å². The summed E-state index contributed by atoms with van der Waals surface area (Å²) >= 11 is 0. The van der Waals surface area contributed by atoms with Gasteiger partial charge in [0.05, 0.1) is 11.5 Å². The summed E-state index contributed by atoms with van der Waals surface area (Å²) in [6.45, 7) is 26.4. The second kappa shape index (κ2) is 9.11. The number of hydrogen-bond acceptors (Lipinski definition) is 2. The molecule has 0 aromatic heterocycles. The molecule has 0 aliphatic heterocycles. The van der Waals surface area contributed by atoms with Crippen molar-refractivity contribution in [2.75, 3.05) is 0 Å². The van der Waals surface area contributed by atoms with Gasteiger partial charge in [0.15, 0.2) is 16.6 Å². The number of fused-ring (bicyclic) bond motifs is 5. The fourth-order valence-electron chi connectivity index (χ4n) is 7.92. The molecule has 0 aromatic rings. The van der Waals surface area contributed by atoms with Gasteiger partial charge in [0.25, 0.3) is 0 Å². The molecule has 4 heteroatoms. The van der Waals surface area contributed by atoms with Crippen molar-refractivity contribution in [1.29, 1.82) is 0 Å². The fourth-order valence-corrected chi connectivity index (χ4v) is 10.7. The van der Waals surface area contributed by atoms with Gasteiger partial charge in [0, 0.05) is 6.10 Å². The molecular formula is C32H56O2Si2. The molecular weight excluding hydrogens is 473 g/mol. The van der Waals surface area contributed by atoms with Gasteiger partial charge in [-0.25, -0.2) is 0 Å². The maximum Gasteiger partial charge on any atom is 0.192 e. The first-order chi connectivity index (χ1) is 16.4. The van der Waals surface area contributed by atoms with E-state index in [1.807, 2.05) is 0 Å². The third kappa shape index (κ3) is 4.57. The molecule has 0 spiro atoms. The highest BCUT2D eigenvalue weighted by molar-refractivity contribution is 6.74. The van der Waals surface area contributed by atoms with Crippen LogP contribution in [0.25, 0.3) is 0 Å². The Balaban J connectivity index is 1.54. The summed E-state index contributed by atoms with van der Waals surface area (Å²) in [6.07, 6.45) is 19.4. The minimum absolute atomic E-state index is 0.0545. The van der Waals surface area contributed by atoms with Crippen molar-refractivity contribution in [3.05, 3.63) is 11.6 Å². The smallest absolute Gasteiger partial charge is 0.192 e. The molecule has 36 heavy (non-hydrogen) atoms. The highest BCUT2D eigenvalue weighted by atomic mass is 28.4. The lowest BCUT2D eigenvalue weighted by Gasteiger charge is -2.58. The maximum absolute atomic E-state index is 7.09. The van der Waals surface area contributed by atoms with Gasteiger partial charge in [0.2, 0.25) is 0 Å². The van der Waals surface area contributed by atoms with E-state index in [9.17, 15) is 0 Å². The first-order valence-electron chi connectivity index (χ1n) is 14.9. The molecule has 0 radical (unpaired) electrons. The summed E-state index contributed by atoms with van der Waals surface area (Å²) in [5.74, 6) is 5.53. The van der Waals surface area contributed by atoms with Gasteiger partial charge in [0.1, 0.15) is 0 Å². The van der Waals surface area contributed by atoms with Crippen molar-refractivity contribution in [2.45, 2.75) is 148 Å². The maximum atomic E-state index is 7.09. The van der Waals surface area contributed by atoms with Gasteiger partial charge in [-0.3, -0.25) is 0 Å². The summed E-state index contributed by atoms with van der Waals surface area (Å²) < 4.78 is 14.0. The Hall–Kier alpha value is -0.346. The van der Waals surface area contributed by atoms with Crippen molar-refractivity contribution < 1.29 is 8.85 Å². The van der Waals surface area contributed by atoms with Crippen LogP contribution in [-0.2, 0) is 8.85 Å².